The van der Waals surface area contributed by atoms with Crippen molar-refractivity contribution in [3.8, 4) is 0 Å². The number of anilines is 1. The third-order valence-corrected chi connectivity index (χ3v) is 7.17. The van der Waals surface area contributed by atoms with E-state index in [0.717, 1.165) is 10.0 Å². The average Bonchev–Trinajstić information content (AvgIpc) is 3.12. The van der Waals surface area contributed by atoms with Crippen molar-refractivity contribution in [2.45, 2.75) is 32.0 Å². The van der Waals surface area contributed by atoms with Crippen molar-refractivity contribution in [2.24, 2.45) is 13.0 Å². The maximum absolute atomic E-state index is 12.8. The van der Waals surface area contributed by atoms with Crippen LogP contribution in [0, 0.1) is 12.8 Å². The van der Waals surface area contributed by atoms with Gasteiger partial charge in [0, 0.05) is 22.8 Å². The van der Waals surface area contributed by atoms with Gasteiger partial charge in [0.15, 0.2) is 11.0 Å². The largest absolute Gasteiger partial charge is 0.342 e. The third kappa shape index (κ3) is 6.59. The summed E-state index contributed by atoms with van der Waals surface area (Å²) in [7, 11) is 1.83. The molecule has 0 spiro atoms. The number of thioether (sulfide) groups is 1. The van der Waals surface area contributed by atoms with Crippen LogP contribution in [-0.4, -0.2) is 32.3 Å². The molecule has 0 aliphatic heterocycles. The maximum atomic E-state index is 12.8. The number of rotatable bonds is 8. The SMILES string of the molecule is Cc1cccc(C(=O)N[C@H](c2nnc(SCC(=O)Nc3ccc(Br)c(Cl)c3)n2C)C(C)C)c1. The second kappa shape index (κ2) is 11.2. The molecule has 2 amide bonds. The lowest BCUT2D eigenvalue weighted by Crippen LogP contribution is -2.33. The van der Waals surface area contributed by atoms with Crippen LogP contribution in [-0.2, 0) is 11.8 Å². The summed E-state index contributed by atoms with van der Waals surface area (Å²) in [4.78, 5) is 25.2. The molecule has 0 unspecified atom stereocenters. The number of carbonyl (C=O) groups excluding carboxylic acids is 2. The van der Waals surface area contributed by atoms with E-state index in [-0.39, 0.29) is 29.5 Å². The molecule has 3 aromatic rings. The standard InChI is InChI=1S/C23H25BrClN5O2S/c1-13(2)20(27-22(32)15-7-5-6-14(3)10-15)21-28-29-23(30(21)4)33-12-19(31)26-16-8-9-17(24)18(25)11-16/h5-11,13,20H,12H2,1-4H3,(H,26,31)(H,27,32)/t20-/m0/s1. The zero-order valence-corrected chi connectivity index (χ0v) is 21.9. The molecule has 2 aromatic carbocycles. The Bertz CT molecular complexity index is 1170. The van der Waals surface area contributed by atoms with Gasteiger partial charge in [-0.2, -0.15) is 0 Å². The first-order valence-electron chi connectivity index (χ1n) is 10.3. The van der Waals surface area contributed by atoms with Gasteiger partial charge in [-0.15, -0.1) is 10.2 Å². The minimum atomic E-state index is -0.330. The van der Waals surface area contributed by atoms with Gasteiger partial charge in [-0.3, -0.25) is 9.59 Å². The highest BCUT2D eigenvalue weighted by Crippen LogP contribution is 2.27. The molecular weight excluding hydrogens is 526 g/mol. The lowest BCUT2D eigenvalue weighted by molar-refractivity contribution is -0.113. The Hall–Kier alpha value is -2.36. The number of nitrogens with zero attached hydrogens (tertiary/aromatic N) is 3. The van der Waals surface area contributed by atoms with Crippen molar-refractivity contribution in [1.29, 1.82) is 0 Å². The van der Waals surface area contributed by atoms with Gasteiger partial charge in [0.25, 0.3) is 5.91 Å². The van der Waals surface area contributed by atoms with E-state index in [9.17, 15) is 9.59 Å². The Morgan fingerprint density at radius 3 is 2.61 bits per heavy atom. The average molecular weight is 551 g/mol. The van der Waals surface area contributed by atoms with Crippen molar-refractivity contribution in [2.75, 3.05) is 11.1 Å². The Morgan fingerprint density at radius 1 is 1.18 bits per heavy atom. The van der Waals surface area contributed by atoms with Crippen LogP contribution < -0.4 is 10.6 Å². The summed E-state index contributed by atoms with van der Waals surface area (Å²) < 4.78 is 2.58. The predicted octanol–water partition coefficient (Wildman–Crippen LogP) is 5.40. The Balaban J connectivity index is 1.66. The number of aryl methyl sites for hydroxylation is 1. The number of hydrogen-bond acceptors (Lipinski definition) is 5. The molecule has 1 heterocycles. The highest BCUT2D eigenvalue weighted by atomic mass is 79.9. The van der Waals surface area contributed by atoms with E-state index in [1.807, 2.05) is 50.6 Å². The van der Waals surface area contributed by atoms with Crippen LogP contribution in [0.15, 0.2) is 52.1 Å². The fourth-order valence-corrected chi connectivity index (χ4v) is 4.31. The molecule has 2 N–H and O–H groups in total. The van der Waals surface area contributed by atoms with E-state index in [2.05, 4.69) is 36.8 Å². The molecule has 0 aliphatic carbocycles. The lowest BCUT2D eigenvalue weighted by Gasteiger charge is -2.21. The quantitative estimate of drug-likeness (QED) is 0.367. The van der Waals surface area contributed by atoms with E-state index in [0.29, 0.717) is 27.3 Å². The number of benzene rings is 2. The number of halogens is 2. The van der Waals surface area contributed by atoms with Crippen molar-refractivity contribution < 1.29 is 9.59 Å². The minimum absolute atomic E-state index is 0.0879. The molecule has 174 valence electrons. The van der Waals surface area contributed by atoms with E-state index in [4.69, 9.17) is 11.6 Å². The molecule has 3 rings (SSSR count). The van der Waals surface area contributed by atoms with Crippen LogP contribution in [0.4, 0.5) is 5.69 Å². The van der Waals surface area contributed by atoms with Gasteiger partial charge in [-0.05, 0) is 59.1 Å². The zero-order chi connectivity index (χ0) is 24.1. The van der Waals surface area contributed by atoms with Gasteiger partial charge in [-0.25, -0.2) is 0 Å². The lowest BCUT2D eigenvalue weighted by atomic mass is 10.0. The molecule has 0 bridgehead atoms. The number of amides is 2. The molecule has 10 heteroatoms. The van der Waals surface area contributed by atoms with E-state index >= 15 is 0 Å². The molecule has 0 radical (unpaired) electrons. The van der Waals surface area contributed by atoms with Gasteiger partial charge in [0.2, 0.25) is 5.91 Å². The Kier molecular flexibility index (Phi) is 8.56. The molecular formula is C23H25BrClN5O2S. The first-order chi connectivity index (χ1) is 15.7. The minimum Gasteiger partial charge on any atom is -0.342 e. The summed E-state index contributed by atoms with van der Waals surface area (Å²) >= 11 is 10.7. The molecule has 0 aliphatic rings. The third-order valence-electron chi connectivity index (χ3n) is 4.92. The number of nitrogens with one attached hydrogen (secondary N) is 2. The van der Waals surface area contributed by atoms with Gasteiger partial charge in [0.05, 0.1) is 16.8 Å². The van der Waals surface area contributed by atoms with Crippen LogP contribution in [0.5, 0.6) is 0 Å². The molecule has 0 saturated carbocycles. The van der Waals surface area contributed by atoms with E-state index in [1.54, 1.807) is 24.3 Å². The van der Waals surface area contributed by atoms with Crippen LogP contribution in [0.2, 0.25) is 5.02 Å². The number of hydrogen-bond donors (Lipinski definition) is 2. The normalized spacial score (nSPS) is 12.0. The summed E-state index contributed by atoms with van der Waals surface area (Å²) in [6.07, 6.45) is 0. The highest BCUT2D eigenvalue weighted by Gasteiger charge is 2.25. The Labute approximate surface area is 210 Å². The molecule has 1 atom stereocenters. The molecule has 0 saturated heterocycles. The first kappa shape index (κ1) is 25.3. The highest BCUT2D eigenvalue weighted by molar-refractivity contribution is 9.10. The summed E-state index contributed by atoms with van der Waals surface area (Å²) in [5.74, 6) is 0.526. The number of aromatic nitrogens is 3. The monoisotopic (exact) mass is 549 g/mol. The van der Waals surface area contributed by atoms with Crippen LogP contribution in [0.1, 0.15) is 41.6 Å². The predicted molar refractivity (Wildman–Crippen MR) is 136 cm³/mol. The molecule has 0 fully saturated rings. The molecule has 33 heavy (non-hydrogen) atoms. The van der Waals surface area contributed by atoms with E-state index in [1.165, 1.54) is 11.8 Å². The number of carbonyl (C=O) groups is 2. The second-order valence-electron chi connectivity index (χ2n) is 7.93. The van der Waals surface area contributed by atoms with Crippen LogP contribution in [0.3, 0.4) is 0 Å². The fourth-order valence-electron chi connectivity index (χ4n) is 3.16. The summed E-state index contributed by atoms with van der Waals surface area (Å²) in [5.41, 5.74) is 2.23. The Morgan fingerprint density at radius 2 is 1.94 bits per heavy atom. The summed E-state index contributed by atoms with van der Waals surface area (Å²) in [5, 5.41) is 15.5. The van der Waals surface area contributed by atoms with Crippen LogP contribution in [0.25, 0.3) is 0 Å². The van der Waals surface area contributed by atoms with Gasteiger partial charge >= 0.3 is 0 Å². The van der Waals surface area contributed by atoms with Gasteiger partial charge < -0.3 is 15.2 Å². The van der Waals surface area contributed by atoms with Crippen molar-refractivity contribution in [1.82, 2.24) is 20.1 Å². The van der Waals surface area contributed by atoms with Gasteiger partial charge in [0.1, 0.15) is 0 Å². The molecule has 7 nitrogen and oxygen atoms in total. The maximum Gasteiger partial charge on any atom is 0.251 e. The zero-order valence-electron chi connectivity index (χ0n) is 18.7. The first-order valence-corrected chi connectivity index (χ1v) is 12.5. The van der Waals surface area contributed by atoms with Crippen molar-refractivity contribution in [3.63, 3.8) is 0 Å². The van der Waals surface area contributed by atoms with Gasteiger partial charge in [-0.1, -0.05) is 54.9 Å². The topological polar surface area (TPSA) is 88.9 Å². The van der Waals surface area contributed by atoms with Crippen molar-refractivity contribution in [3.05, 3.63) is 68.9 Å². The van der Waals surface area contributed by atoms with E-state index < -0.39 is 0 Å². The summed E-state index contributed by atoms with van der Waals surface area (Å²) in [6.45, 7) is 5.98. The van der Waals surface area contributed by atoms with Crippen molar-refractivity contribution >= 4 is 56.8 Å². The molecule has 1 aromatic heterocycles. The van der Waals surface area contributed by atoms with Crippen LogP contribution >= 0.6 is 39.3 Å². The smallest absolute Gasteiger partial charge is 0.251 e. The fraction of sp³-hybridized carbons (Fsp3) is 0.304. The summed E-state index contributed by atoms with van der Waals surface area (Å²) in [6, 6.07) is 12.3. The second-order valence-corrected chi connectivity index (χ2v) is 10.1.